The highest BCUT2D eigenvalue weighted by molar-refractivity contribution is 5.76. The van der Waals surface area contributed by atoms with Crippen molar-refractivity contribution in [3.63, 3.8) is 0 Å². The third-order valence-electron chi connectivity index (χ3n) is 3.50. The minimum atomic E-state index is -1.04. The molecule has 0 amide bonds. The molecule has 172 valence electrons. The maximum absolute atomic E-state index is 12.1. The van der Waals surface area contributed by atoms with Gasteiger partial charge in [-0.15, -0.1) is 0 Å². The predicted octanol–water partition coefficient (Wildman–Crippen LogP) is 2.12. The van der Waals surface area contributed by atoms with Crippen molar-refractivity contribution in [2.75, 3.05) is 19.8 Å². The molecule has 0 aromatic heterocycles. The van der Waals surface area contributed by atoms with E-state index in [0.717, 1.165) is 0 Å². The van der Waals surface area contributed by atoms with E-state index in [4.69, 9.17) is 34.2 Å². The molecule has 2 atom stereocenters. The Kier molecular flexibility index (Phi) is 10.8. The fraction of sp³-hybridized carbons (Fsp3) is 0.500. The van der Waals surface area contributed by atoms with Gasteiger partial charge >= 0.3 is 24.2 Å². The van der Waals surface area contributed by atoms with Crippen LogP contribution in [0.1, 0.15) is 33.3 Å². The summed E-state index contributed by atoms with van der Waals surface area (Å²) < 4.78 is 29.4. The summed E-state index contributed by atoms with van der Waals surface area (Å²) in [7, 11) is 0. The topological polar surface area (TPSA) is 150 Å². The number of nitrogens with two attached hydrogens (primary N) is 1. The first-order chi connectivity index (χ1) is 14.7. The van der Waals surface area contributed by atoms with E-state index in [0.29, 0.717) is 5.56 Å². The van der Waals surface area contributed by atoms with Crippen LogP contribution in [0, 0.1) is 0 Å². The fourth-order valence-corrected chi connectivity index (χ4v) is 2.28. The van der Waals surface area contributed by atoms with E-state index >= 15 is 0 Å². The molecule has 31 heavy (non-hydrogen) atoms. The molecule has 1 aromatic rings. The number of carbonyl (C=O) groups is 4. The van der Waals surface area contributed by atoms with E-state index < -0.39 is 36.4 Å². The van der Waals surface area contributed by atoms with Crippen LogP contribution in [0.3, 0.4) is 0 Å². The first-order valence-electron chi connectivity index (χ1n) is 9.57. The van der Waals surface area contributed by atoms with Gasteiger partial charge in [0, 0.05) is 6.92 Å². The number of hydrogen-bond donors (Lipinski definition) is 1. The van der Waals surface area contributed by atoms with Gasteiger partial charge in [-0.1, -0.05) is 6.07 Å². The minimum Gasteiger partial charge on any atom is -0.461 e. The Bertz CT molecular complexity index is 779. The van der Waals surface area contributed by atoms with Crippen LogP contribution in [0.4, 0.5) is 9.59 Å². The molecule has 0 aliphatic rings. The maximum Gasteiger partial charge on any atom is 0.513 e. The van der Waals surface area contributed by atoms with Crippen LogP contribution < -0.4 is 15.2 Å². The molecule has 0 spiro atoms. The highest BCUT2D eigenvalue weighted by Gasteiger charge is 2.21. The maximum atomic E-state index is 12.1. The molecule has 11 nitrogen and oxygen atoms in total. The van der Waals surface area contributed by atoms with Crippen molar-refractivity contribution < 1.29 is 47.6 Å². The molecule has 0 radical (unpaired) electrons. The summed E-state index contributed by atoms with van der Waals surface area (Å²) in [4.78, 5) is 46.3. The molecule has 0 saturated heterocycles. The van der Waals surface area contributed by atoms with E-state index in [1.807, 2.05) is 0 Å². The van der Waals surface area contributed by atoms with E-state index in [1.54, 1.807) is 20.8 Å². The van der Waals surface area contributed by atoms with Crippen LogP contribution in [0.25, 0.3) is 0 Å². The monoisotopic (exact) mass is 441 g/mol. The van der Waals surface area contributed by atoms with Gasteiger partial charge in [-0.2, -0.15) is 0 Å². The van der Waals surface area contributed by atoms with Crippen molar-refractivity contribution in [1.82, 2.24) is 0 Å². The van der Waals surface area contributed by atoms with Crippen molar-refractivity contribution in [2.45, 2.75) is 46.3 Å². The van der Waals surface area contributed by atoms with Gasteiger partial charge < -0.3 is 34.2 Å². The molecule has 0 unspecified atom stereocenters. The number of carbonyl (C=O) groups excluding carboxylic acids is 4. The standard InChI is InChI=1S/C20H27NO10/c1-5-26-19(24)30-16-8-7-14(10-17(16)31-20(25)27-6-2)9-15(21)18(23)28-11-12(3)29-13(4)22/h7-8,10,12,15H,5-6,9,11,21H2,1-4H3/t12-,15+/m1/s1. The summed E-state index contributed by atoms with van der Waals surface area (Å²) in [6.45, 7) is 6.05. The molecule has 0 aliphatic heterocycles. The highest BCUT2D eigenvalue weighted by Crippen LogP contribution is 2.30. The summed E-state index contributed by atoms with van der Waals surface area (Å²) in [6, 6.07) is 3.22. The van der Waals surface area contributed by atoms with Gasteiger partial charge in [0.25, 0.3) is 0 Å². The zero-order valence-electron chi connectivity index (χ0n) is 17.9. The third-order valence-corrected chi connectivity index (χ3v) is 3.50. The Morgan fingerprint density at radius 2 is 1.52 bits per heavy atom. The Labute approximate surface area is 179 Å². The van der Waals surface area contributed by atoms with Crippen molar-refractivity contribution in [3.05, 3.63) is 23.8 Å². The fourth-order valence-electron chi connectivity index (χ4n) is 2.28. The first-order valence-corrected chi connectivity index (χ1v) is 9.57. The average Bonchev–Trinajstić information content (AvgIpc) is 2.67. The van der Waals surface area contributed by atoms with Gasteiger partial charge in [0.1, 0.15) is 18.8 Å². The quantitative estimate of drug-likeness (QED) is 0.323. The molecule has 11 heteroatoms. The second-order valence-electron chi connectivity index (χ2n) is 6.21. The van der Waals surface area contributed by atoms with E-state index in [1.165, 1.54) is 25.1 Å². The second-order valence-corrected chi connectivity index (χ2v) is 6.21. The molecule has 0 heterocycles. The smallest absolute Gasteiger partial charge is 0.461 e. The lowest BCUT2D eigenvalue weighted by atomic mass is 10.1. The van der Waals surface area contributed by atoms with Crippen molar-refractivity contribution in [1.29, 1.82) is 0 Å². The van der Waals surface area contributed by atoms with Gasteiger partial charge in [-0.05, 0) is 44.9 Å². The largest absolute Gasteiger partial charge is 0.513 e. The Hall–Kier alpha value is -3.34. The lowest BCUT2D eigenvalue weighted by Gasteiger charge is -2.16. The van der Waals surface area contributed by atoms with Crippen molar-refractivity contribution >= 4 is 24.2 Å². The molecule has 2 N–H and O–H groups in total. The van der Waals surface area contributed by atoms with Crippen LogP contribution >= 0.6 is 0 Å². The summed E-state index contributed by atoms with van der Waals surface area (Å²) in [5, 5.41) is 0. The van der Waals surface area contributed by atoms with Gasteiger partial charge in [0.2, 0.25) is 0 Å². The van der Waals surface area contributed by atoms with Crippen LogP contribution in [-0.4, -0.2) is 56.2 Å². The van der Waals surface area contributed by atoms with Gasteiger partial charge in [-0.25, -0.2) is 9.59 Å². The third kappa shape index (κ3) is 9.81. The van der Waals surface area contributed by atoms with Crippen LogP contribution in [0.2, 0.25) is 0 Å². The second kappa shape index (κ2) is 13.1. The zero-order valence-corrected chi connectivity index (χ0v) is 17.9. The van der Waals surface area contributed by atoms with Crippen LogP contribution in [0.5, 0.6) is 11.5 Å². The number of esters is 2. The summed E-state index contributed by atoms with van der Waals surface area (Å²) in [6.07, 6.45) is -2.57. The lowest BCUT2D eigenvalue weighted by molar-refractivity contribution is -0.157. The van der Waals surface area contributed by atoms with Crippen molar-refractivity contribution in [2.24, 2.45) is 5.73 Å². The number of rotatable bonds is 10. The Morgan fingerprint density at radius 3 is 2.06 bits per heavy atom. The highest BCUT2D eigenvalue weighted by atomic mass is 16.7. The van der Waals surface area contributed by atoms with E-state index in [2.05, 4.69) is 0 Å². The Morgan fingerprint density at radius 1 is 0.935 bits per heavy atom. The lowest BCUT2D eigenvalue weighted by Crippen LogP contribution is -2.36. The summed E-state index contributed by atoms with van der Waals surface area (Å²) in [5.41, 5.74) is 6.37. The van der Waals surface area contributed by atoms with E-state index in [-0.39, 0.29) is 37.7 Å². The van der Waals surface area contributed by atoms with Gasteiger partial charge in [0.15, 0.2) is 11.5 Å². The molecular weight excluding hydrogens is 414 g/mol. The summed E-state index contributed by atoms with van der Waals surface area (Å²) >= 11 is 0. The molecule has 1 aromatic carbocycles. The van der Waals surface area contributed by atoms with Gasteiger partial charge in [0.05, 0.1) is 13.2 Å². The molecule has 0 bridgehead atoms. The average molecular weight is 441 g/mol. The molecular formula is C20H27NO10. The normalized spacial score (nSPS) is 12.2. The molecule has 0 aliphatic carbocycles. The van der Waals surface area contributed by atoms with E-state index in [9.17, 15) is 19.2 Å². The molecule has 0 fully saturated rings. The van der Waals surface area contributed by atoms with Crippen LogP contribution in [0.15, 0.2) is 18.2 Å². The molecule has 0 saturated carbocycles. The first kappa shape index (κ1) is 25.7. The number of ether oxygens (including phenoxy) is 6. The van der Waals surface area contributed by atoms with Gasteiger partial charge in [-0.3, -0.25) is 9.59 Å². The molecule has 1 rings (SSSR count). The van der Waals surface area contributed by atoms with Crippen molar-refractivity contribution in [3.8, 4) is 11.5 Å². The number of benzene rings is 1. The SMILES string of the molecule is CCOC(=O)Oc1ccc(C[C@H](N)C(=O)OC[C@@H](C)OC(C)=O)cc1OC(=O)OCC. The number of hydrogen-bond acceptors (Lipinski definition) is 11. The Balaban J connectivity index is 2.86. The predicted molar refractivity (Wildman–Crippen MR) is 106 cm³/mol. The zero-order chi connectivity index (χ0) is 23.4. The minimum absolute atomic E-state index is 0.0274. The van der Waals surface area contributed by atoms with Crippen LogP contribution in [-0.2, 0) is 35.0 Å². The summed E-state index contributed by atoms with van der Waals surface area (Å²) in [5.74, 6) is -1.40.